The van der Waals surface area contributed by atoms with Crippen LogP contribution in [0.4, 0.5) is 0 Å². The van der Waals surface area contributed by atoms with Crippen molar-refractivity contribution in [1.29, 1.82) is 0 Å². The molecule has 1 unspecified atom stereocenters. The lowest BCUT2D eigenvalue weighted by Crippen LogP contribution is -2.20. The average Bonchev–Trinajstić information content (AvgIpc) is 2.45. The number of phenols is 1. The topological polar surface area (TPSA) is 32.3 Å². The molecule has 19 heavy (non-hydrogen) atoms. The van der Waals surface area contributed by atoms with Crippen LogP contribution >= 0.6 is 0 Å². The van der Waals surface area contributed by atoms with E-state index in [1.54, 1.807) is 6.07 Å². The van der Waals surface area contributed by atoms with Gasteiger partial charge < -0.3 is 10.4 Å². The minimum atomic E-state index is 0.178. The lowest BCUT2D eigenvalue weighted by atomic mass is 10.1. The van der Waals surface area contributed by atoms with Gasteiger partial charge in [-0.2, -0.15) is 0 Å². The van der Waals surface area contributed by atoms with E-state index in [1.807, 2.05) is 24.3 Å². The van der Waals surface area contributed by atoms with Crippen LogP contribution in [0.2, 0.25) is 0 Å². The fraction of sp³-hybridized carbons (Fsp3) is 0.294. The molecule has 0 spiro atoms. The zero-order valence-electron chi connectivity index (χ0n) is 11.3. The summed E-state index contributed by atoms with van der Waals surface area (Å²) in [6, 6.07) is 18.2. The van der Waals surface area contributed by atoms with Crippen LogP contribution < -0.4 is 5.32 Å². The minimum Gasteiger partial charge on any atom is -0.508 e. The molecular weight excluding hydrogens is 234 g/mol. The third kappa shape index (κ3) is 4.11. The Bertz CT molecular complexity index is 496. The van der Waals surface area contributed by atoms with Crippen LogP contribution in [0, 0.1) is 0 Å². The van der Waals surface area contributed by atoms with Crippen LogP contribution in [0.25, 0.3) is 0 Å². The second-order valence-corrected chi connectivity index (χ2v) is 4.82. The van der Waals surface area contributed by atoms with Gasteiger partial charge >= 0.3 is 0 Å². The first-order valence-corrected chi connectivity index (χ1v) is 6.82. The summed E-state index contributed by atoms with van der Waals surface area (Å²) < 4.78 is 0. The Balaban J connectivity index is 1.76. The van der Waals surface area contributed by atoms with E-state index in [2.05, 4.69) is 36.5 Å². The molecule has 0 saturated heterocycles. The Kier molecular flexibility index (Phi) is 4.99. The van der Waals surface area contributed by atoms with Crippen molar-refractivity contribution in [3.63, 3.8) is 0 Å². The Morgan fingerprint density at radius 3 is 2.42 bits per heavy atom. The molecule has 0 aliphatic rings. The predicted octanol–water partition coefficient (Wildman–Crippen LogP) is 3.68. The molecule has 0 saturated carbocycles. The Labute approximate surface area is 115 Å². The predicted molar refractivity (Wildman–Crippen MR) is 79.3 cm³/mol. The molecule has 2 heteroatoms. The van der Waals surface area contributed by atoms with E-state index in [-0.39, 0.29) is 6.04 Å². The van der Waals surface area contributed by atoms with E-state index in [0.29, 0.717) is 5.75 Å². The zero-order chi connectivity index (χ0) is 13.5. The van der Waals surface area contributed by atoms with Crippen molar-refractivity contribution >= 4 is 0 Å². The number of para-hydroxylation sites is 1. The van der Waals surface area contributed by atoms with E-state index in [1.165, 1.54) is 5.56 Å². The van der Waals surface area contributed by atoms with Gasteiger partial charge in [-0.1, -0.05) is 48.5 Å². The fourth-order valence-corrected chi connectivity index (χ4v) is 2.22. The molecule has 0 aromatic heterocycles. The molecule has 0 aliphatic carbocycles. The SMILES string of the molecule is CC(NCCCc1ccccc1)c1ccccc1O. The van der Waals surface area contributed by atoms with Gasteiger partial charge in [0.25, 0.3) is 0 Å². The van der Waals surface area contributed by atoms with Gasteiger partial charge in [0, 0.05) is 11.6 Å². The van der Waals surface area contributed by atoms with E-state index in [4.69, 9.17) is 0 Å². The summed E-state index contributed by atoms with van der Waals surface area (Å²) >= 11 is 0. The summed E-state index contributed by atoms with van der Waals surface area (Å²) in [7, 11) is 0. The maximum Gasteiger partial charge on any atom is 0.120 e. The van der Waals surface area contributed by atoms with E-state index in [0.717, 1.165) is 24.9 Å². The third-order valence-corrected chi connectivity index (χ3v) is 3.34. The second-order valence-electron chi connectivity index (χ2n) is 4.82. The number of phenolic OH excluding ortho intramolecular Hbond substituents is 1. The number of hydrogen-bond donors (Lipinski definition) is 2. The summed E-state index contributed by atoms with van der Waals surface area (Å²) in [6.45, 7) is 3.03. The van der Waals surface area contributed by atoms with E-state index >= 15 is 0 Å². The van der Waals surface area contributed by atoms with Gasteiger partial charge in [-0.25, -0.2) is 0 Å². The van der Waals surface area contributed by atoms with Crippen molar-refractivity contribution in [2.45, 2.75) is 25.8 Å². The fourth-order valence-electron chi connectivity index (χ4n) is 2.22. The first-order valence-electron chi connectivity index (χ1n) is 6.82. The molecule has 2 rings (SSSR count). The van der Waals surface area contributed by atoms with Gasteiger partial charge in [0.1, 0.15) is 5.75 Å². The van der Waals surface area contributed by atoms with Crippen LogP contribution in [0.1, 0.15) is 30.5 Å². The highest BCUT2D eigenvalue weighted by molar-refractivity contribution is 5.34. The monoisotopic (exact) mass is 255 g/mol. The molecule has 2 N–H and O–H groups in total. The smallest absolute Gasteiger partial charge is 0.120 e. The molecular formula is C17H21NO. The maximum absolute atomic E-state index is 9.78. The number of nitrogens with one attached hydrogen (secondary N) is 1. The van der Waals surface area contributed by atoms with Crippen molar-refractivity contribution in [3.8, 4) is 5.75 Å². The van der Waals surface area contributed by atoms with Crippen LogP contribution in [-0.4, -0.2) is 11.7 Å². The zero-order valence-corrected chi connectivity index (χ0v) is 11.3. The normalized spacial score (nSPS) is 12.3. The summed E-state index contributed by atoms with van der Waals surface area (Å²) in [4.78, 5) is 0. The Morgan fingerprint density at radius 2 is 1.68 bits per heavy atom. The summed E-state index contributed by atoms with van der Waals surface area (Å²) in [5.41, 5.74) is 2.33. The van der Waals surface area contributed by atoms with Crippen molar-refractivity contribution < 1.29 is 5.11 Å². The molecule has 2 aromatic carbocycles. The van der Waals surface area contributed by atoms with Crippen molar-refractivity contribution in [2.24, 2.45) is 0 Å². The van der Waals surface area contributed by atoms with Gasteiger partial charge in [-0.3, -0.25) is 0 Å². The summed E-state index contributed by atoms with van der Waals surface area (Å²) in [6.07, 6.45) is 2.18. The Hall–Kier alpha value is -1.80. The van der Waals surface area contributed by atoms with Crippen LogP contribution in [-0.2, 0) is 6.42 Å². The van der Waals surface area contributed by atoms with Crippen molar-refractivity contribution in [3.05, 3.63) is 65.7 Å². The standard InChI is InChI=1S/C17H21NO/c1-14(16-11-5-6-12-17(16)19)18-13-7-10-15-8-3-2-4-9-15/h2-6,8-9,11-12,14,18-19H,7,10,13H2,1H3. The number of aromatic hydroxyl groups is 1. The number of aryl methyl sites for hydroxylation is 1. The highest BCUT2D eigenvalue weighted by Gasteiger charge is 2.08. The van der Waals surface area contributed by atoms with Gasteiger partial charge in [0.05, 0.1) is 0 Å². The molecule has 1 atom stereocenters. The second kappa shape index (κ2) is 6.95. The lowest BCUT2D eigenvalue weighted by Gasteiger charge is -2.15. The van der Waals surface area contributed by atoms with Crippen LogP contribution in [0.5, 0.6) is 5.75 Å². The average molecular weight is 255 g/mol. The lowest BCUT2D eigenvalue weighted by molar-refractivity contribution is 0.452. The third-order valence-electron chi connectivity index (χ3n) is 3.34. The highest BCUT2D eigenvalue weighted by Crippen LogP contribution is 2.22. The van der Waals surface area contributed by atoms with Gasteiger partial charge in [-0.15, -0.1) is 0 Å². The van der Waals surface area contributed by atoms with Gasteiger partial charge in [0.15, 0.2) is 0 Å². The minimum absolute atomic E-state index is 0.178. The number of benzene rings is 2. The quantitative estimate of drug-likeness (QED) is 0.772. The van der Waals surface area contributed by atoms with Crippen molar-refractivity contribution in [1.82, 2.24) is 5.32 Å². The molecule has 0 radical (unpaired) electrons. The molecule has 0 bridgehead atoms. The molecule has 100 valence electrons. The van der Waals surface area contributed by atoms with Gasteiger partial charge in [-0.05, 0) is 37.9 Å². The summed E-state index contributed by atoms with van der Waals surface area (Å²) in [5.74, 6) is 0.366. The highest BCUT2D eigenvalue weighted by atomic mass is 16.3. The first-order chi connectivity index (χ1) is 9.27. The largest absolute Gasteiger partial charge is 0.508 e. The molecule has 2 aromatic rings. The first kappa shape index (κ1) is 13.6. The Morgan fingerprint density at radius 1 is 1.00 bits per heavy atom. The van der Waals surface area contributed by atoms with Gasteiger partial charge in [0.2, 0.25) is 0 Å². The van der Waals surface area contributed by atoms with Crippen molar-refractivity contribution in [2.75, 3.05) is 6.54 Å². The molecule has 0 fully saturated rings. The maximum atomic E-state index is 9.78. The van der Waals surface area contributed by atoms with Crippen LogP contribution in [0.15, 0.2) is 54.6 Å². The molecule has 0 aliphatic heterocycles. The number of hydrogen-bond acceptors (Lipinski definition) is 2. The van der Waals surface area contributed by atoms with Crippen LogP contribution in [0.3, 0.4) is 0 Å². The molecule has 2 nitrogen and oxygen atoms in total. The number of rotatable bonds is 6. The molecule has 0 heterocycles. The summed E-state index contributed by atoms with van der Waals surface area (Å²) in [5, 5.41) is 13.2. The molecule has 0 amide bonds. The van der Waals surface area contributed by atoms with E-state index in [9.17, 15) is 5.11 Å². The van der Waals surface area contributed by atoms with E-state index < -0.39 is 0 Å².